The highest BCUT2D eigenvalue weighted by Crippen LogP contribution is 2.34. The molecule has 0 bridgehead atoms. The Hall–Kier alpha value is -1.50. The minimum atomic E-state index is -0.385. The summed E-state index contributed by atoms with van der Waals surface area (Å²) in [6, 6.07) is 12.9. The minimum absolute atomic E-state index is 0. The van der Waals surface area contributed by atoms with Crippen molar-refractivity contribution in [3.05, 3.63) is 58.9 Å². The molecule has 1 aliphatic heterocycles. The molecule has 0 amide bonds. The normalized spacial score (nSPS) is 22.1. The van der Waals surface area contributed by atoms with E-state index in [0.29, 0.717) is 11.8 Å². The van der Waals surface area contributed by atoms with Crippen molar-refractivity contribution in [3.63, 3.8) is 0 Å². The molecule has 5 rings (SSSR count). The van der Waals surface area contributed by atoms with Crippen LogP contribution in [0.3, 0.4) is 0 Å². The Bertz CT molecular complexity index is 1120. The lowest BCUT2D eigenvalue weighted by molar-refractivity contribution is 0.0218. The van der Waals surface area contributed by atoms with E-state index in [1.54, 1.807) is 0 Å². The molecular weight excluding hydrogens is 491 g/mol. The number of aromatic nitrogens is 2. The molecule has 5 nitrogen and oxygen atoms in total. The summed E-state index contributed by atoms with van der Waals surface area (Å²) < 4.78 is 2.33. The number of imidazole rings is 1. The first-order valence-electron chi connectivity index (χ1n) is 11.6. The second-order valence-electron chi connectivity index (χ2n) is 9.97. The van der Waals surface area contributed by atoms with E-state index in [2.05, 4.69) is 60.6 Å². The zero-order valence-corrected chi connectivity index (χ0v) is 22.6. The van der Waals surface area contributed by atoms with Gasteiger partial charge < -0.3 is 20.3 Å². The summed E-state index contributed by atoms with van der Waals surface area (Å²) in [4.78, 5) is 7.40. The van der Waals surface area contributed by atoms with Gasteiger partial charge in [-0.05, 0) is 73.1 Å². The molecule has 0 unspecified atom stereocenters. The maximum atomic E-state index is 11.2. The number of halogens is 3. The molecule has 3 aromatic rings. The van der Waals surface area contributed by atoms with Crippen molar-refractivity contribution in [2.24, 2.45) is 5.92 Å². The number of benzene rings is 2. The fourth-order valence-electron chi connectivity index (χ4n) is 5.66. The molecule has 1 saturated heterocycles. The summed E-state index contributed by atoms with van der Waals surface area (Å²) in [6.07, 6.45) is 2.78. The molecule has 1 aliphatic carbocycles. The molecule has 1 fully saturated rings. The van der Waals surface area contributed by atoms with Gasteiger partial charge in [-0.1, -0.05) is 26.0 Å². The first-order chi connectivity index (χ1) is 14.9. The van der Waals surface area contributed by atoms with Crippen molar-refractivity contribution in [1.29, 1.82) is 0 Å². The molecule has 3 N–H and O–H groups in total. The molecule has 2 aliphatic rings. The third-order valence-corrected chi connectivity index (χ3v) is 7.11. The maximum Gasteiger partial charge on any atom is 0.112 e. The van der Waals surface area contributed by atoms with E-state index < -0.39 is 0 Å². The van der Waals surface area contributed by atoms with Gasteiger partial charge in [0.1, 0.15) is 5.82 Å². The SMILES string of the molecule is Cc1ccc2c(c1)nc(C(C)C)n2[C@@H]1CCN(C[C@@H]2Cc3ccc(N)cc3C2)C[C@H]1O.Cl.Cl.Cl. The second-order valence-corrected chi connectivity index (χ2v) is 9.97. The summed E-state index contributed by atoms with van der Waals surface area (Å²) >= 11 is 0. The van der Waals surface area contributed by atoms with Crippen molar-refractivity contribution < 1.29 is 5.11 Å². The largest absolute Gasteiger partial charge is 0.399 e. The van der Waals surface area contributed by atoms with E-state index in [1.165, 1.54) is 16.7 Å². The van der Waals surface area contributed by atoms with Crippen LogP contribution in [-0.4, -0.2) is 45.3 Å². The van der Waals surface area contributed by atoms with Gasteiger partial charge in [0.05, 0.1) is 23.2 Å². The molecule has 0 saturated carbocycles. The summed E-state index contributed by atoms with van der Waals surface area (Å²) in [7, 11) is 0. The third-order valence-electron chi connectivity index (χ3n) is 7.11. The van der Waals surface area contributed by atoms with Gasteiger partial charge in [-0.15, -0.1) is 37.2 Å². The van der Waals surface area contributed by atoms with Gasteiger partial charge in [0.15, 0.2) is 0 Å². The Morgan fingerprint density at radius 1 is 1.06 bits per heavy atom. The highest BCUT2D eigenvalue weighted by molar-refractivity contribution is 5.86. The van der Waals surface area contributed by atoms with Crippen LogP contribution in [0.2, 0.25) is 0 Å². The number of hydrogen-bond donors (Lipinski definition) is 2. The molecule has 2 heterocycles. The Kier molecular flexibility index (Phi) is 9.71. The van der Waals surface area contributed by atoms with Gasteiger partial charge in [-0.3, -0.25) is 0 Å². The fourth-order valence-corrected chi connectivity index (χ4v) is 5.66. The molecule has 2 aromatic carbocycles. The highest BCUT2D eigenvalue weighted by Gasteiger charge is 2.33. The zero-order chi connectivity index (χ0) is 21.7. The van der Waals surface area contributed by atoms with E-state index >= 15 is 0 Å². The molecule has 1 aromatic heterocycles. The van der Waals surface area contributed by atoms with E-state index in [-0.39, 0.29) is 49.4 Å². The standard InChI is InChI=1S/C26H34N4O.3ClH/c1-16(2)26-28-22-10-17(3)4-7-23(22)30(26)24-8-9-29(15-25(24)31)14-18-11-19-5-6-21(27)13-20(19)12-18;;;/h4-7,10,13,16,18,24-25,31H,8-9,11-12,14-15,27H2,1-3H3;3*1H/t18-,24-,25-;;;/m1.../s1. The topological polar surface area (TPSA) is 67.3 Å². The van der Waals surface area contributed by atoms with Crippen LogP contribution in [0.15, 0.2) is 36.4 Å². The number of likely N-dealkylation sites (tertiary alicyclic amines) is 1. The number of aliphatic hydroxyl groups excluding tert-OH is 1. The fraction of sp³-hybridized carbons (Fsp3) is 0.500. The highest BCUT2D eigenvalue weighted by atomic mass is 35.5. The van der Waals surface area contributed by atoms with Gasteiger partial charge in [-0.2, -0.15) is 0 Å². The number of fused-ring (bicyclic) bond motifs is 2. The Morgan fingerprint density at radius 3 is 2.50 bits per heavy atom. The van der Waals surface area contributed by atoms with E-state index in [1.807, 2.05) is 6.07 Å². The number of piperidine rings is 1. The first-order valence-corrected chi connectivity index (χ1v) is 11.6. The molecule has 8 heteroatoms. The smallest absolute Gasteiger partial charge is 0.112 e. The second kappa shape index (κ2) is 11.5. The first kappa shape index (κ1) is 28.7. The third kappa shape index (κ3) is 5.50. The average Bonchev–Trinajstić information content (AvgIpc) is 3.28. The molecule has 188 valence electrons. The molecular formula is C26H37Cl3N4O. The summed E-state index contributed by atoms with van der Waals surface area (Å²) in [5.41, 5.74) is 13.1. The average molecular weight is 528 g/mol. The predicted molar refractivity (Wildman–Crippen MR) is 148 cm³/mol. The van der Waals surface area contributed by atoms with Crippen molar-refractivity contribution in [1.82, 2.24) is 14.5 Å². The van der Waals surface area contributed by atoms with E-state index in [9.17, 15) is 5.11 Å². The lowest BCUT2D eigenvalue weighted by Crippen LogP contribution is -2.46. The predicted octanol–water partition coefficient (Wildman–Crippen LogP) is 5.34. The zero-order valence-electron chi connectivity index (χ0n) is 20.1. The number of nitrogen functional groups attached to an aromatic ring is 1. The molecule has 3 atom stereocenters. The van der Waals surface area contributed by atoms with Crippen LogP contribution in [0.1, 0.15) is 54.7 Å². The Morgan fingerprint density at radius 2 is 1.79 bits per heavy atom. The maximum absolute atomic E-state index is 11.2. The lowest BCUT2D eigenvalue weighted by Gasteiger charge is -2.38. The number of anilines is 1. The van der Waals surface area contributed by atoms with E-state index in [4.69, 9.17) is 10.7 Å². The Balaban J connectivity index is 0.00000136. The van der Waals surface area contributed by atoms with Crippen LogP contribution < -0.4 is 5.73 Å². The van der Waals surface area contributed by atoms with Crippen LogP contribution in [0.5, 0.6) is 0 Å². The molecule has 34 heavy (non-hydrogen) atoms. The van der Waals surface area contributed by atoms with Crippen LogP contribution in [0.25, 0.3) is 11.0 Å². The van der Waals surface area contributed by atoms with Crippen LogP contribution in [0.4, 0.5) is 5.69 Å². The molecule has 0 radical (unpaired) electrons. The number of aliphatic hydroxyl groups is 1. The Labute approximate surface area is 221 Å². The van der Waals surface area contributed by atoms with Crippen molar-refractivity contribution in [3.8, 4) is 0 Å². The van der Waals surface area contributed by atoms with E-state index in [0.717, 1.165) is 61.4 Å². The number of rotatable bonds is 4. The van der Waals surface area contributed by atoms with Crippen molar-refractivity contribution >= 4 is 53.9 Å². The lowest BCUT2D eigenvalue weighted by atomic mass is 9.98. The quantitative estimate of drug-likeness (QED) is 0.450. The number of hydrogen-bond acceptors (Lipinski definition) is 4. The van der Waals surface area contributed by atoms with Gasteiger partial charge in [0, 0.05) is 31.2 Å². The van der Waals surface area contributed by atoms with Crippen LogP contribution in [-0.2, 0) is 12.8 Å². The number of nitrogens with two attached hydrogens (primary N) is 1. The number of aryl methyl sites for hydroxylation is 1. The minimum Gasteiger partial charge on any atom is -0.399 e. The summed E-state index contributed by atoms with van der Waals surface area (Å²) in [6.45, 7) is 9.27. The monoisotopic (exact) mass is 526 g/mol. The molecule has 0 spiro atoms. The van der Waals surface area contributed by atoms with Gasteiger partial charge >= 0.3 is 0 Å². The van der Waals surface area contributed by atoms with Crippen LogP contribution >= 0.6 is 37.2 Å². The number of nitrogens with zero attached hydrogens (tertiary/aromatic N) is 3. The van der Waals surface area contributed by atoms with Gasteiger partial charge in [-0.25, -0.2) is 4.98 Å². The van der Waals surface area contributed by atoms with Gasteiger partial charge in [0.2, 0.25) is 0 Å². The van der Waals surface area contributed by atoms with Crippen molar-refractivity contribution in [2.75, 3.05) is 25.4 Å². The summed E-state index contributed by atoms with van der Waals surface area (Å²) in [5.74, 6) is 2.02. The van der Waals surface area contributed by atoms with Crippen LogP contribution in [0, 0.1) is 12.8 Å². The van der Waals surface area contributed by atoms with Gasteiger partial charge in [0.25, 0.3) is 0 Å². The van der Waals surface area contributed by atoms with Crippen molar-refractivity contribution in [2.45, 2.75) is 58.1 Å². The number of β-amino-alcohol motifs (C(OH)–C–C–N with tert-alkyl or cyclic N) is 1. The summed E-state index contributed by atoms with van der Waals surface area (Å²) in [5, 5.41) is 11.2.